The summed E-state index contributed by atoms with van der Waals surface area (Å²) in [5, 5.41) is 3.36. The summed E-state index contributed by atoms with van der Waals surface area (Å²) < 4.78 is 11.6. The minimum absolute atomic E-state index is 0.116. The smallest absolute Gasteiger partial charge is 0.237 e. The lowest BCUT2D eigenvalue weighted by Crippen LogP contribution is -2.59. The van der Waals surface area contributed by atoms with Gasteiger partial charge in [-0.3, -0.25) is 4.79 Å². The van der Waals surface area contributed by atoms with Gasteiger partial charge in [-0.1, -0.05) is 6.92 Å². The fourth-order valence-corrected chi connectivity index (χ4v) is 3.22. The van der Waals surface area contributed by atoms with E-state index in [4.69, 9.17) is 15.2 Å². The number of carbonyl (C=O) groups is 1. The van der Waals surface area contributed by atoms with Crippen molar-refractivity contribution >= 4 is 5.91 Å². The van der Waals surface area contributed by atoms with Gasteiger partial charge in [0, 0.05) is 13.0 Å². The summed E-state index contributed by atoms with van der Waals surface area (Å²) >= 11 is 0. The predicted molar refractivity (Wildman–Crippen MR) is 77.4 cm³/mol. The van der Waals surface area contributed by atoms with E-state index in [1.54, 1.807) is 0 Å². The van der Waals surface area contributed by atoms with Crippen LogP contribution in [0.4, 0.5) is 0 Å². The van der Waals surface area contributed by atoms with E-state index in [9.17, 15) is 4.79 Å². The van der Waals surface area contributed by atoms with Crippen LogP contribution < -0.4 is 11.1 Å². The Morgan fingerprint density at radius 1 is 1.45 bits per heavy atom. The molecule has 5 heteroatoms. The minimum atomic E-state index is -0.574. The van der Waals surface area contributed by atoms with Crippen molar-refractivity contribution in [2.24, 2.45) is 5.73 Å². The van der Waals surface area contributed by atoms with Gasteiger partial charge in [-0.25, -0.2) is 0 Å². The Kier molecular flexibility index (Phi) is 5.81. The summed E-state index contributed by atoms with van der Waals surface area (Å²) in [5.74, 6) is -0.239. The fourth-order valence-electron chi connectivity index (χ4n) is 3.22. The molecule has 2 rings (SSSR count). The van der Waals surface area contributed by atoms with Crippen molar-refractivity contribution in [2.75, 3.05) is 19.8 Å². The van der Waals surface area contributed by atoms with Crippen molar-refractivity contribution in [3.05, 3.63) is 0 Å². The Morgan fingerprint density at radius 3 is 2.95 bits per heavy atom. The van der Waals surface area contributed by atoms with Gasteiger partial charge in [-0.2, -0.15) is 0 Å². The maximum Gasteiger partial charge on any atom is 0.237 e. The van der Waals surface area contributed by atoms with E-state index >= 15 is 0 Å². The van der Waals surface area contributed by atoms with E-state index in [0.717, 1.165) is 51.7 Å². The standard InChI is InChI=1S/C15H28N2O3/c1-2-8-17-15(14(16)18)7-3-5-12(10-15)20-11-13-6-4-9-19-13/h12-13,17H,2-11H2,1H3,(H2,16,18). The summed E-state index contributed by atoms with van der Waals surface area (Å²) in [7, 11) is 0. The number of nitrogens with two attached hydrogens (primary N) is 1. The maximum atomic E-state index is 11.9. The molecular formula is C15H28N2O3. The van der Waals surface area contributed by atoms with Crippen LogP contribution in [0.1, 0.15) is 51.9 Å². The summed E-state index contributed by atoms with van der Waals surface area (Å²) in [6, 6.07) is 0. The molecule has 2 aliphatic rings. The second-order valence-electron chi connectivity index (χ2n) is 6.06. The molecule has 0 aromatic heterocycles. The molecule has 2 fully saturated rings. The van der Waals surface area contributed by atoms with Crippen molar-refractivity contribution < 1.29 is 14.3 Å². The van der Waals surface area contributed by atoms with Gasteiger partial charge in [0.2, 0.25) is 5.91 Å². The lowest BCUT2D eigenvalue weighted by Gasteiger charge is -2.39. The lowest BCUT2D eigenvalue weighted by molar-refractivity contribution is -0.129. The maximum absolute atomic E-state index is 11.9. The van der Waals surface area contributed by atoms with Crippen molar-refractivity contribution in [1.29, 1.82) is 0 Å². The van der Waals surface area contributed by atoms with Crippen molar-refractivity contribution in [1.82, 2.24) is 5.32 Å². The average molecular weight is 284 g/mol. The van der Waals surface area contributed by atoms with Gasteiger partial charge in [0.15, 0.2) is 0 Å². The third kappa shape index (κ3) is 3.93. The largest absolute Gasteiger partial charge is 0.376 e. The van der Waals surface area contributed by atoms with E-state index in [1.165, 1.54) is 0 Å². The van der Waals surface area contributed by atoms with Gasteiger partial charge in [-0.05, 0) is 45.1 Å². The van der Waals surface area contributed by atoms with Crippen LogP contribution >= 0.6 is 0 Å². The van der Waals surface area contributed by atoms with E-state index in [1.807, 2.05) is 0 Å². The summed E-state index contributed by atoms with van der Waals surface area (Å²) in [4.78, 5) is 11.9. The van der Waals surface area contributed by atoms with Crippen LogP contribution in [0.5, 0.6) is 0 Å². The van der Waals surface area contributed by atoms with Gasteiger partial charge in [0.1, 0.15) is 5.54 Å². The predicted octanol–water partition coefficient (Wildman–Crippen LogP) is 1.35. The zero-order valence-electron chi connectivity index (χ0n) is 12.5. The summed E-state index contributed by atoms with van der Waals surface area (Å²) in [6.07, 6.45) is 7.07. The van der Waals surface area contributed by atoms with Gasteiger partial charge in [0.25, 0.3) is 0 Å². The van der Waals surface area contributed by atoms with Crippen LogP contribution in [-0.2, 0) is 14.3 Å². The molecule has 3 unspecified atom stereocenters. The Balaban J connectivity index is 1.85. The monoisotopic (exact) mass is 284 g/mol. The molecule has 1 saturated heterocycles. The molecule has 116 valence electrons. The second kappa shape index (κ2) is 7.38. The number of primary amides is 1. The molecule has 0 aromatic carbocycles. The van der Waals surface area contributed by atoms with Gasteiger partial charge in [0.05, 0.1) is 18.8 Å². The minimum Gasteiger partial charge on any atom is -0.376 e. The summed E-state index contributed by atoms with van der Waals surface area (Å²) in [6.45, 7) is 4.41. The topological polar surface area (TPSA) is 73.6 Å². The molecule has 1 heterocycles. The highest BCUT2D eigenvalue weighted by molar-refractivity contribution is 5.84. The molecule has 20 heavy (non-hydrogen) atoms. The van der Waals surface area contributed by atoms with Crippen molar-refractivity contribution in [2.45, 2.75) is 69.6 Å². The van der Waals surface area contributed by atoms with Crippen LogP contribution in [0.3, 0.4) is 0 Å². The molecule has 3 atom stereocenters. The molecule has 1 saturated carbocycles. The molecule has 1 aliphatic heterocycles. The molecule has 5 nitrogen and oxygen atoms in total. The van der Waals surface area contributed by atoms with Crippen molar-refractivity contribution in [3.63, 3.8) is 0 Å². The van der Waals surface area contributed by atoms with Crippen LogP contribution in [-0.4, -0.2) is 43.4 Å². The molecule has 3 N–H and O–H groups in total. The second-order valence-corrected chi connectivity index (χ2v) is 6.06. The molecule has 0 radical (unpaired) electrons. The quantitative estimate of drug-likeness (QED) is 0.740. The van der Waals surface area contributed by atoms with Crippen LogP contribution in [0.15, 0.2) is 0 Å². The molecule has 0 spiro atoms. The van der Waals surface area contributed by atoms with Crippen LogP contribution in [0, 0.1) is 0 Å². The zero-order valence-corrected chi connectivity index (χ0v) is 12.5. The molecular weight excluding hydrogens is 256 g/mol. The number of ether oxygens (including phenoxy) is 2. The number of hydrogen-bond acceptors (Lipinski definition) is 4. The number of hydrogen-bond donors (Lipinski definition) is 2. The SMILES string of the molecule is CCCNC1(C(N)=O)CCCC(OCC2CCCO2)C1. The molecule has 1 aliphatic carbocycles. The zero-order chi connectivity index (χ0) is 14.4. The normalized spacial score (nSPS) is 34.2. The van der Waals surface area contributed by atoms with E-state index in [-0.39, 0.29) is 18.1 Å². The average Bonchev–Trinajstić information content (AvgIpc) is 2.96. The third-order valence-electron chi connectivity index (χ3n) is 4.43. The Hall–Kier alpha value is -0.650. The van der Waals surface area contributed by atoms with Gasteiger partial charge in [-0.15, -0.1) is 0 Å². The number of rotatable bonds is 7. The molecule has 1 amide bonds. The molecule has 0 aromatic rings. The van der Waals surface area contributed by atoms with Gasteiger partial charge < -0.3 is 20.5 Å². The van der Waals surface area contributed by atoms with Crippen molar-refractivity contribution in [3.8, 4) is 0 Å². The van der Waals surface area contributed by atoms with Gasteiger partial charge >= 0.3 is 0 Å². The highest BCUT2D eigenvalue weighted by Gasteiger charge is 2.41. The highest BCUT2D eigenvalue weighted by atomic mass is 16.5. The molecule has 0 bridgehead atoms. The lowest BCUT2D eigenvalue weighted by atomic mass is 9.79. The number of carbonyl (C=O) groups excluding carboxylic acids is 1. The van der Waals surface area contributed by atoms with Crippen LogP contribution in [0.25, 0.3) is 0 Å². The first-order chi connectivity index (χ1) is 9.66. The summed E-state index contributed by atoms with van der Waals surface area (Å²) in [5.41, 5.74) is 5.07. The first-order valence-corrected chi connectivity index (χ1v) is 7.94. The third-order valence-corrected chi connectivity index (χ3v) is 4.43. The Bertz CT molecular complexity index is 318. The van der Waals surface area contributed by atoms with E-state index < -0.39 is 5.54 Å². The van der Waals surface area contributed by atoms with E-state index in [0.29, 0.717) is 13.0 Å². The van der Waals surface area contributed by atoms with E-state index in [2.05, 4.69) is 12.2 Å². The number of nitrogens with one attached hydrogen (secondary N) is 1. The number of amides is 1. The first kappa shape index (κ1) is 15.7. The Labute approximate surface area is 121 Å². The fraction of sp³-hybridized carbons (Fsp3) is 0.933. The first-order valence-electron chi connectivity index (χ1n) is 7.94. The Morgan fingerprint density at radius 2 is 2.30 bits per heavy atom. The highest BCUT2D eigenvalue weighted by Crippen LogP contribution is 2.30. The van der Waals surface area contributed by atoms with Crippen LogP contribution in [0.2, 0.25) is 0 Å².